The van der Waals surface area contributed by atoms with Gasteiger partial charge in [0.1, 0.15) is 0 Å². The number of hydrogen-bond acceptors (Lipinski definition) is 2. The van der Waals surface area contributed by atoms with Crippen molar-refractivity contribution >= 4 is 17.7 Å². The Morgan fingerprint density at radius 3 is 2.75 bits per heavy atom. The lowest BCUT2D eigenvalue weighted by molar-refractivity contribution is -0.131. The van der Waals surface area contributed by atoms with Crippen molar-refractivity contribution in [1.29, 1.82) is 0 Å². The van der Waals surface area contributed by atoms with Gasteiger partial charge in [-0.15, -0.1) is 11.8 Å². The summed E-state index contributed by atoms with van der Waals surface area (Å²) in [6.07, 6.45) is 7.31. The Hall–Kier alpha value is -1.48. The molecule has 1 aliphatic heterocycles. The molecular weight excluding hydrogens is 316 g/mol. The maximum absolute atomic E-state index is 10.7. The maximum atomic E-state index is 10.7. The fourth-order valence-corrected chi connectivity index (χ4v) is 4.54. The summed E-state index contributed by atoms with van der Waals surface area (Å²) < 4.78 is 0. The van der Waals surface area contributed by atoms with Crippen LogP contribution in [0.2, 0.25) is 0 Å². The van der Waals surface area contributed by atoms with Crippen molar-refractivity contribution in [1.82, 2.24) is 0 Å². The lowest BCUT2D eigenvalue weighted by atomic mass is 9.76. The lowest BCUT2D eigenvalue weighted by Crippen LogP contribution is -2.24. The summed E-state index contributed by atoms with van der Waals surface area (Å²) >= 11 is 1.96. The molecule has 0 saturated carbocycles. The van der Waals surface area contributed by atoms with Gasteiger partial charge in [-0.1, -0.05) is 52.0 Å². The van der Waals surface area contributed by atoms with Crippen LogP contribution in [0.15, 0.2) is 46.9 Å². The molecule has 0 aliphatic carbocycles. The molecule has 24 heavy (non-hydrogen) atoms. The van der Waals surface area contributed by atoms with E-state index in [1.54, 1.807) is 0 Å². The van der Waals surface area contributed by atoms with E-state index in [9.17, 15) is 4.79 Å². The molecule has 0 radical (unpaired) electrons. The number of allylic oxidation sites excluding steroid dienone is 3. The van der Waals surface area contributed by atoms with E-state index in [0.717, 1.165) is 12.0 Å². The second kappa shape index (κ2) is 7.18. The van der Waals surface area contributed by atoms with Crippen molar-refractivity contribution in [3.8, 4) is 0 Å². The molecule has 1 aromatic rings. The molecule has 0 spiro atoms. The second-order valence-electron chi connectivity index (χ2n) is 7.91. The highest BCUT2D eigenvalue weighted by Gasteiger charge is 2.30. The number of aliphatic carboxylic acids is 1. The molecule has 130 valence electrons. The molecule has 0 atom stereocenters. The highest BCUT2D eigenvalue weighted by Crippen LogP contribution is 2.43. The molecule has 2 nitrogen and oxygen atoms in total. The topological polar surface area (TPSA) is 37.3 Å². The number of carboxylic acid groups (broad SMARTS) is 1. The van der Waals surface area contributed by atoms with E-state index in [4.69, 9.17) is 5.11 Å². The van der Waals surface area contributed by atoms with Crippen LogP contribution in [0.4, 0.5) is 0 Å². The van der Waals surface area contributed by atoms with Crippen molar-refractivity contribution < 1.29 is 9.90 Å². The highest BCUT2D eigenvalue weighted by atomic mass is 32.2. The van der Waals surface area contributed by atoms with Crippen molar-refractivity contribution in [2.24, 2.45) is 0 Å². The van der Waals surface area contributed by atoms with Gasteiger partial charge < -0.3 is 5.11 Å². The van der Waals surface area contributed by atoms with Crippen molar-refractivity contribution in [2.45, 2.75) is 63.2 Å². The van der Waals surface area contributed by atoms with E-state index in [-0.39, 0.29) is 10.8 Å². The second-order valence-corrected chi connectivity index (χ2v) is 9.05. The summed E-state index contributed by atoms with van der Waals surface area (Å²) in [6, 6.07) is 6.91. The number of rotatable bonds is 5. The summed E-state index contributed by atoms with van der Waals surface area (Å²) in [5.74, 6) is 0.298. The quantitative estimate of drug-likeness (QED) is 0.549. The van der Waals surface area contributed by atoms with Crippen LogP contribution in [-0.2, 0) is 15.6 Å². The van der Waals surface area contributed by atoms with Gasteiger partial charge in [0, 0.05) is 11.0 Å². The molecule has 0 fully saturated rings. The Morgan fingerprint density at radius 1 is 1.38 bits per heavy atom. The van der Waals surface area contributed by atoms with Crippen molar-refractivity contribution in [3.63, 3.8) is 0 Å². The van der Waals surface area contributed by atoms with Crippen molar-refractivity contribution in [3.05, 3.63) is 53.1 Å². The van der Waals surface area contributed by atoms with Crippen LogP contribution in [0.25, 0.3) is 0 Å². The monoisotopic (exact) mass is 344 g/mol. The highest BCUT2D eigenvalue weighted by molar-refractivity contribution is 7.99. The Balaban J connectivity index is 2.21. The van der Waals surface area contributed by atoms with Crippen LogP contribution in [-0.4, -0.2) is 16.8 Å². The molecule has 0 saturated heterocycles. The average Bonchev–Trinajstić information content (AvgIpc) is 2.45. The molecule has 1 aromatic carbocycles. The van der Waals surface area contributed by atoms with Gasteiger partial charge in [0.2, 0.25) is 0 Å². The SMILES string of the molecule is CC(C=CCC(C)(C)c1ccc2c(c1)C(C)(C)CCS2)=CC(=O)O. The minimum atomic E-state index is -0.897. The van der Waals surface area contributed by atoms with E-state index in [2.05, 4.69) is 52.0 Å². The van der Waals surface area contributed by atoms with Gasteiger partial charge >= 0.3 is 5.97 Å². The first-order valence-corrected chi connectivity index (χ1v) is 9.46. The molecule has 3 heteroatoms. The number of carbonyl (C=O) groups is 1. The Labute approximate surface area is 150 Å². The van der Waals surface area contributed by atoms with E-state index in [1.807, 2.05) is 24.8 Å². The summed E-state index contributed by atoms with van der Waals surface area (Å²) in [4.78, 5) is 12.1. The average molecular weight is 345 g/mol. The molecular formula is C21H28O2S. The zero-order valence-corrected chi connectivity index (χ0v) is 16.2. The minimum Gasteiger partial charge on any atom is -0.478 e. The van der Waals surface area contributed by atoms with Gasteiger partial charge in [-0.3, -0.25) is 0 Å². The summed E-state index contributed by atoms with van der Waals surface area (Å²) in [7, 11) is 0. The van der Waals surface area contributed by atoms with E-state index < -0.39 is 5.97 Å². The van der Waals surface area contributed by atoms with Gasteiger partial charge in [-0.05, 0) is 59.1 Å². The molecule has 1 N–H and O–H groups in total. The van der Waals surface area contributed by atoms with E-state index >= 15 is 0 Å². The predicted molar refractivity (Wildman–Crippen MR) is 103 cm³/mol. The van der Waals surface area contributed by atoms with Gasteiger partial charge in [0.15, 0.2) is 0 Å². The molecule has 0 unspecified atom stereocenters. The van der Waals surface area contributed by atoms with Crippen LogP contribution < -0.4 is 0 Å². The normalized spacial score (nSPS) is 17.8. The predicted octanol–water partition coefficient (Wildman–Crippen LogP) is 5.71. The smallest absolute Gasteiger partial charge is 0.328 e. The van der Waals surface area contributed by atoms with E-state index in [0.29, 0.717) is 0 Å². The third-order valence-corrected chi connectivity index (χ3v) is 5.91. The van der Waals surface area contributed by atoms with Crippen molar-refractivity contribution in [2.75, 3.05) is 5.75 Å². The molecule has 0 amide bonds. The van der Waals surface area contributed by atoms with Gasteiger partial charge in [0.05, 0.1) is 0 Å². The zero-order chi connectivity index (χ0) is 18.0. The number of hydrogen-bond donors (Lipinski definition) is 1. The van der Waals surface area contributed by atoms with Gasteiger partial charge in [0.25, 0.3) is 0 Å². The largest absolute Gasteiger partial charge is 0.478 e. The van der Waals surface area contributed by atoms with Crippen LogP contribution in [0, 0.1) is 0 Å². The molecule has 1 aliphatic rings. The fourth-order valence-electron chi connectivity index (χ4n) is 3.06. The van der Waals surface area contributed by atoms with Crippen LogP contribution in [0.5, 0.6) is 0 Å². The number of benzene rings is 1. The van der Waals surface area contributed by atoms with Crippen LogP contribution in [0.3, 0.4) is 0 Å². The Bertz CT molecular complexity index is 681. The molecule has 2 rings (SSSR count). The first-order valence-electron chi connectivity index (χ1n) is 8.47. The van der Waals surface area contributed by atoms with Crippen LogP contribution in [0.1, 0.15) is 58.6 Å². The summed E-state index contributed by atoms with van der Waals surface area (Å²) in [5.41, 5.74) is 3.84. The number of carboxylic acids is 1. The standard InChI is InChI=1S/C21H28O2S/c1-15(13-19(22)23)7-6-10-20(2,3)16-8-9-18-17(14-16)21(4,5)11-12-24-18/h6-9,13-14H,10-12H2,1-5H3,(H,22,23). The lowest BCUT2D eigenvalue weighted by Gasteiger charge is -2.34. The fraction of sp³-hybridized carbons (Fsp3) is 0.476. The number of fused-ring (bicyclic) bond motifs is 1. The molecule has 0 bridgehead atoms. The summed E-state index contributed by atoms with van der Waals surface area (Å²) in [5, 5.41) is 8.77. The maximum Gasteiger partial charge on any atom is 0.328 e. The van der Waals surface area contributed by atoms with E-state index in [1.165, 1.54) is 34.3 Å². The number of thioether (sulfide) groups is 1. The first-order chi connectivity index (χ1) is 11.1. The van der Waals surface area contributed by atoms with Crippen LogP contribution >= 0.6 is 11.8 Å². The first kappa shape index (κ1) is 18.9. The van der Waals surface area contributed by atoms with Gasteiger partial charge in [-0.25, -0.2) is 4.79 Å². The molecule has 0 aromatic heterocycles. The third kappa shape index (κ3) is 4.54. The Morgan fingerprint density at radius 2 is 2.08 bits per heavy atom. The zero-order valence-electron chi connectivity index (χ0n) is 15.3. The minimum absolute atomic E-state index is 0.0211. The Kier molecular flexibility index (Phi) is 5.64. The summed E-state index contributed by atoms with van der Waals surface area (Å²) in [6.45, 7) is 11.0. The third-order valence-electron chi connectivity index (χ3n) is 4.83. The molecule has 1 heterocycles. The van der Waals surface area contributed by atoms with Gasteiger partial charge in [-0.2, -0.15) is 0 Å².